The summed E-state index contributed by atoms with van der Waals surface area (Å²) < 4.78 is 4.77. The fourth-order valence-corrected chi connectivity index (χ4v) is 1.48. The van der Waals surface area contributed by atoms with Gasteiger partial charge >= 0.3 is 5.97 Å². The third-order valence-electron chi connectivity index (χ3n) is 2.03. The summed E-state index contributed by atoms with van der Waals surface area (Å²) in [7, 11) is 0. The minimum Gasteiger partial charge on any atom is -0.452 e. The van der Waals surface area contributed by atoms with Crippen molar-refractivity contribution in [2.45, 2.75) is 40.0 Å². The summed E-state index contributed by atoms with van der Waals surface area (Å²) in [6.45, 7) is 6.63. The SMILES string of the molecule is C#CCOC(=O)CCC(C)CC(C)C. The summed E-state index contributed by atoms with van der Waals surface area (Å²) in [4.78, 5) is 11.1. The number of ether oxygens (including phenoxy) is 1. The number of carbonyl (C=O) groups is 1. The first-order valence-electron chi connectivity index (χ1n) is 5.15. The summed E-state index contributed by atoms with van der Waals surface area (Å²) in [5.41, 5.74) is 0. The van der Waals surface area contributed by atoms with Crippen LogP contribution in [0.2, 0.25) is 0 Å². The summed E-state index contributed by atoms with van der Waals surface area (Å²) in [6, 6.07) is 0. The molecule has 0 aromatic heterocycles. The molecule has 1 atom stereocenters. The lowest BCUT2D eigenvalue weighted by molar-refractivity contribution is -0.142. The normalized spacial score (nSPS) is 12.2. The zero-order valence-corrected chi connectivity index (χ0v) is 9.38. The van der Waals surface area contributed by atoms with E-state index in [0.717, 1.165) is 12.8 Å². The van der Waals surface area contributed by atoms with Crippen molar-refractivity contribution in [1.82, 2.24) is 0 Å². The molecule has 0 rings (SSSR count). The van der Waals surface area contributed by atoms with Gasteiger partial charge in [0.1, 0.15) is 0 Å². The van der Waals surface area contributed by atoms with Crippen LogP contribution in [-0.4, -0.2) is 12.6 Å². The molecule has 2 heteroatoms. The molecule has 1 unspecified atom stereocenters. The first-order chi connectivity index (χ1) is 6.56. The van der Waals surface area contributed by atoms with Crippen LogP contribution in [0.5, 0.6) is 0 Å². The molecule has 80 valence electrons. The van der Waals surface area contributed by atoms with Gasteiger partial charge in [-0.05, 0) is 24.7 Å². The van der Waals surface area contributed by atoms with E-state index in [0.29, 0.717) is 18.3 Å². The van der Waals surface area contributed by atoms with Crippen LogP contribution in [0.15, 0.2) is 0 Å². The number of terminal acetylenes is 1. The number of carbonyl (C=O) groups excluding carboxylic acids is 1. The lowest BCUT2D eigenvalue weighted by atomic mass is 9.95. The quantitative estimate of drug-likeness (QED) is 0.482. The zero-order chi connectivity index (χ0) is 11.0. The third-order valence-corrected chi connectivity index (χ3v) is 2.03. The maximum atomic E-state index is 11.1. The molecule has 0 aliphatic rings. The zero-order valence-electron chi connectivity index (χ0n) is 9.38. The first kappa shape index (κ1) is 13.0. The Morgan fingerprint density at radius 3 is 2.57 bits per heavy atom. The molecule has 2 nitrogen and oxygen atoms in total. The van der Waals surface area contributed by atoms with Crippen LogP contribution in [0.4, 0.5) is 0 Å². The van der Waals surface area contributed by atoms with Crippen molar-refractivity contribution >= 4 is 5.97 Å². The van der Waals surface area contributed by atoms with Crippen LogP contribution in [0.3, 0.4) is 0 Å². The Balaban J connectivity index is 3.51. The summed E-state index contributed by atoms with van der Waals surface area (Å²) in [5.74, 6) is 3.36. The molecule has 0 aliphatic carbocycles. The predicted molar refractivity (Wildman–Crippen MR) is 57.6 cm³/mol. The van der Waals surface area contributed by atoms with Crippen LogP contribution in [0.25, 0.3) is 0 Å². The third kappa shape index (κ3) is 7.67. The Hall–Kier alpha value is -0.970. The molecule has 0 aliphatic heterocycles. The Bertz CT molecular complexity index is 201. The van der Waals surface area contributed by atoms with Crippen molar-refractivity contribution < 1.29 is 9.53 Å². The molecular formula is C12H20O2. The number of rotatable bonds is 6. The second kappa shape index (κ2) is 7.44. The van der Waals surface area contributed by atoms with E-state index in [4.69, 9.17) is 11.2 Å². The Labute approximate surface area is 87.0 Å². The average molecular weight is 196 g/mol. The van der Waals surface area contributed by atoms with E-state index < -0.39 is 0 Å². The van der Waals surface area contributed by atoms with Gasteiger partial charge in [0.05, 0.1) is 0 Å². The van der Waals surface area contributed by atoms with Gasteiger partial charge in [-0.1, -0.05) is 26.7 Å². The van der Waals surface area contributed by atoms with E-state index in [2.05, 4.69) is 26.7 Å². The molecule has 0 saturated carbocycles. The summed E-state index contributed by atoms with van der Waals surface area (Å²) in [5, 5.41) is 0. The van der Waals surface area contributed by atoms with Crippen molar-refractivity contribution in [2.75, 3.05) is 6.61 Å². The molecule has 0 N–H and O–H groups in total. The van der Waals surface area contributed by atoms with E-state index in [1.165, 1.54) is 0 Å². The molecule has 0 aromatic rings. The lowest BCUT2D eigenvalue weighted by Crippen LogP contribution is -2.08. The monoisotopic (exact) mass is 196 g/mol. The number of hydrogen-bond donors (Lipinski definition) is 0. The van der Waals surface area contributed by atoms with E-state index in [1.807, 2.05) is 0 Å². The maximum absolute atomic E-state index is 11.1. The van der Waals surface area contributed by atoms with Gasteiger partial charge in [-0.3, -0.25) is 4.79 Å². The minimum atomic E-state index is -0.182. The average Bonchev–Trinajstić information content (AvgIpc) is 2.10. The smallest absolute Gasteiger partial charge is 0.306 e. The van der Waals surface area contributed by atoms with Gasteiger partial charge in [0.2, 0.25) is 0 Å². The molecule has 0 heterocycles. The highest BCUT2D eigenvalue weighted by Crippen LogP contribution is 2.16. The van der Waals surface area contributed by atoms with E-state index >= 15 is 0 Å². The summed E-state index contributed by atoms with van der Waals surface area (Å²) >= 11 is 0. The van der Waals surface area contributed by atoms with Gasteiger partial charge in [-0.25, -0.2) is 0 Å². The molecular weight excluding hydrogens is 176 g/mol. The molecule has 0 bridgehead atoms. The van der Waals surface area contributed by atoms with E-state index in [-0.39, 0.29) is 12.6 Å². The number of hydrogen-bond acceptors (Lipinski definition) is 2. The van der Waals surface area contributed by atoms with E-state index in [9.17, 15) is 4.79 Å². The minimum absolute atomic E-state index is 0.0946. The van der Waals surface area contributed by atoms with Crippen molar-refractivity contribution in [1.29, 1.82) is 0 Å². The summed E-state index contributed by atoms with van der Waals surface area (Å²) in [6.07, 6.45) is 7.50. The van der Waals surface area contributed by atoms with Crippen LogP contribution in [-0.2, 0) is 9.53 Å². The molecule has 0 amide bonds. The highest BCUT2D eigenvalue weighted by atomic mass is 16.5. The molecule has 14 heavy (non-hydrogen) atoms. The van der Waals surface area contributed by atoms with Crippen LogP contribution in [0, 0.1) is 24.2 Å². The first-order valence-corrected chi connectivity index (χ1v) is 5.15. The van der Waals surface area contributed by atoms with Gasteiger partial charge in [0.15, 0.2) is 6.61 Å². The molecule has 0 spiro atoms. The van der Waals surface area contributed by atoms with Crippen LogP contribution < -0.4 is 0 Å². The van der Waals surface area contributed by atoms with Crippen molar-refractivity contribution in [3.63, 3.8) is 0 Å². The van der Waals surface area contributed by atoms with Gasteiger partial charge in [0.25, 0.3) is 0 Å². The predicted octanol–water partition coefficient (Wildman–Crippen LogP) is 2.63. The van der Waals surface area contributed by atoms with Gasteiger partial charge in [0, 0.05) is 6.42 Å². The van der Waals surface area contributed by atoms with Gasteiger partial charge in [-0.15, -0.1) is 6.42 Å². The Morgan fingerprint density at radius 2 is 2.07 bits per heavy atom. The highest BCUT2D eigenvalue weighted by molar-refractivity contribution is 5.69. The Morgan fingerprint density at radius 1 is 1.43 bits per heavy atom. The molecule has 0 fully saturated rings. The van der Waals surface area contributed by atoms with Crippen molar-refractivity contribution in [2.24, 2.45) is 11.8 Å². The van der Waals surface area contributed by atoms with Crippen molar-refractivity contribution in [3.8, 4) is 12.3 Å². The van der Waals surface area contributed by atoms with Crippen LogP contribution >= 0.6 is 0 Å². The van der Waals surface area contributed by atoms with Crippen molar-refractivity contribution in [3.05, 3.63) is 0 Å². The second-order valence-electron chi connectivity index (χ2n) is 4.14. The topological polar surface area (TPSA) is 26.3 Å². The molecule has 0 aromatic carbocycles. The van der Waals surface area contributed by atoms with E-state index in [1.54, 1.807) is 0 Å². The lowest BCUT2D eigenvalue weighted by Gasteiger charge is -2.12. The fraction of sp³-hybridized carbons (Fsp3) is 0.750. The fourth-order valence-electron chi connectivity index (χ4n) is 1.48. The molecule has 0 radical (unpaired) electrons. The molecule has 0 saturated heterocycles. The van der Waals surface area contributed by atoms with Gasteiger partial charge in [-0.2, -0.15) is 0 Å². The Kier molecular flexibility index (Phi) is 6.92. The van der Waals surface area contributed by atoms with Gasteiger partial charge < -0.3 is 4.74 Å². The van der Waals surface area contributed by atoms with Crippen LogP contribution in [0.1, 0.15) is 40.0 Å². The standard InChI is InChI=1S/C12H20O2/c1-5-8-14-12(13)7-6-11(4)9-10(2)3/h1,10-11H,6-9H2,2-4H3. The highest BCUT2D eigenvalue weighted by Gasteiger charge is 2.08. The second-order valence-corrected chi connectivity index (χ2v) is 4.14. The largest absolute Gasteiger partial charge is 0.452 e. The maximum Gasteiger partial charge on any atom is 0.306 e. The number of esters is 1.